The van der Waals surface area contributed by atoms with Crippen LogP contribution in [0.3, 0.4) is 0 Å². The summed E-state index contributed by atoms with van der Waals surface area (Å²) in [6.45, 7) is 4.30. The van der Waals surface area contributed by atoms with Gasteiger partial charge in [0, 0.05) is 32.1 Å². The first kappa shape index (κ1) is 14.0. The lowest BCUT2D eigenvalue weighted by Crippen LogP contribution is -2.40. The zero-order valence-corrected chi connectivity index (χ0v) is 11.5. The van der Waals surface area contributed by atoms with Gasteiger partial charge in [-0.25, -0.2) is 0 Å². The first-order valence-corrected chi connectivity index (χ1v) is 7.08. The first-order chi connectivity index (χ1) is 9.29. The van der Waals surface area contributed by atoms with Crippen LogP contribution in [0, 0.1) is 0 Å². The molecule has 1 atom stereocenters. The number of rotatable bonds is 5. The number of amides is 1. The molecule has 2 rings (SSSR count). The molecule has 0 spiro atoms. The van der Waals surface area contributed by atoms with E-state index in [1.165, 1.54) is 6.42 Å². The van der Waals surface area contributed by atoms with Crippen molar-refractivity contribution in [2.24, 2.45) is 0 Å². The first-order valence-electron chi connectivity index (χ1n) is 7.08. The fourth-order valence-corrected chi connectivity index (χ4v) is 2.39. The van der Waals surface area contributed by atoms with Gasteiger partial charge in [-0.3, -0.25) is 9.78 Å². The molecule has 1 fully saturated rings. The monoisotopic (exact) mass is 262 g/mol. The van der Waals surface area contributed by atoms with Crippen molar-refractivity contribution in [2.75, 3.05) is 19.7 Å². The highest BCUT2D eigenvalue weighted by atomic mass is 16.5. The van der Waals surface area contributed by atoms with Crippen LogP contribution in [0.2, 0.25) is 0 Å². The molecule has 1 aromatic heterocycles. The van der Waals surface area contributed by atoms with Crippen LogP contribution in [0.4, 0.5) is 0 Å². The van der Waals surface area contributed by atoms with Gasteiger partial charge in [0.05, 0.1) is 12.5 Å². The molecule has 4 heteroatoms. The molecule has 0 bridgehead atoms. The average Bonchev–Trinajstić information content (AvgIpc) is 2.47. The molecule has 1 unspecified atom stereocenters. The van der Waals surface area contributed by atoms with Crippen molar-refractivity contribution in [1.29, 1.82) is 0 Å². The number of carbonyl (C=O) groups excluding carboxylic acids is 1. The molecule has 1 aliphatic rings. The second-order valence-electron chi connectivity index (χ2n) is 4.96. The van der Waals surface area contributed by atoms with Gasteiger partial charge in [-0.1, -0.05) is 6.07 Å². The van der Waals surface area contributed by atoms with E-state index in [-0.39, 0.29) is 12.0 Å². The van der Waals surface area contributed by atoms with Crippen molar-refractivity contribution in [3.63, 3.8) is 0 Å². The van der Waals surface area contributed by atoms with Crippen LogP contribution in [0.1, 0.15) is 31.7 Å². The number of hydrogen-bond acceptors (Lipinski definition) is 3. The van der Waals surface area contributed by atoms with Crippen molar-refractivity contribution in [3.8, 4) is 0 Å². The van der Waals surface area contributed by atoms with Crippen LogP contribution >= 0.6 is 0 Å². The van der Waals surface area contributed by atoms with Crippen LogP contribution in [-0.4, -0.2) is 41.6 Å². The van der Waals surface area contributed by atoms with Gasteiger partial charge < -0.3 is 9.64 Å². The molecule has 2 heterocycles. The topological polar surface area (TPSA) is 42.4 Å². The lowest BCUT2D eigenvalue weighted by molar-refractivity contribution is -0.132. The van der Waals surface area contributed by atoms with Gasteiger partial charge in [-0.15, -0.1) is 0 Å². The van der Waals surface area contributed by atoms with E-state index in [2.05, 4.69) is 4.98 Å². The van der Waals surface area contributed by atoms with E-state index in [0.717, 1.165) is 38.1 Å². The maximum atomic E-state index is 12.3. The summed E-state index contributed by atoms with van der Waals surface area (Å²) < 4.78 is 5.70. The highest BCUT2D eigenvalue weighted by Crippen LogP contribution is 2.14. The number of carbonyl (C=O) groups is 1. The van der Waals surface area contributed by atoms with E-state index in [9.17, 15) is 4.79 Å². The smallest absolute Gasteiger partial charge is 0.227 e. The molecular weight excluding hydrogens is 240 g/mol. The van der Waals surface area contributed by atoms with E-state index in [0.29, 0.717) is 6.42 Å². The van der Waals surface area contributed by atoms with Crippen molar-refractivity contribution in [1.82, 2.24) is 9.88 Å². The summed E-state index contributed by atoms with van der Waals surface area (Å²) in [6.07, 6.45) is 7.53. The Balaban J connectivity index is 1.87. The minimum atomic E-state index is 0.157. The molecule has 1 aliphatic heterocycles. The molecule has 104 valence electrons. The summed E-state index contributed by atoms with van der Waals surface area (Å²) in [7, 11) is 0. The summed E-state index contributed by atoms with van der Waals surface area (Å²) in [4.78, 5) is 18.2. The quantitative estimate of drug-likeness (QED) is 0.815. The maximum absolute atomic E-state index is 12.3. The van der Waals surface area contributed by atoms with Crippen LogP contribution in [0.15, 0.2) is 24.5 Å². The minimum absolute atomic E-state index is 0.157. The molecule has 0 N–H and O–H groups in total. The SMILES string of the molecule is CCN(CC1CCCCO1)C(=O)Cc1cccnc1. The summed E-state index contributed by atoms with van der Waals surface area (Å²) in [6, 6.07) is 3.80. The molecule has 0 aromatic carbocycles. The van der Waals surface area contributed by atoms with E-state index in [1.54, 1.807) is 12.4 Å². The predicted octanol–water partition coefficient (Wildman–Crippen LogP) is 2.04. The molecule has 0 radical (unpaired) electrons. The third-order valence-electron chi connectivity index (χ3n) is 3.51. The Hall–Kier alpha value is -1.42. The zero-order valence-electron chi connectivity index (χ0n) is 11.5. The largest absolute Gasteiger partial charge is 0.376 e. The molecular formula is C15H22N2O2. The van der Waals surface area contributed by atoms with Gasteiger partial charge in [-0.05, 0) is 37.8 Å². The summed E-state index contributed by atoms with van der Waals surface area (Å²) in [5.74, 6) is 0.157. The number of hydrogen-bond donors (Lipinski definition) is 0. The third kappa shape index (κ3) is 4.31. The number of pyridine rings is 1. The summed E-state index contributed by atoms with van der Waals surface area (Å²) in [5, 5.41) is 0. The minimum Gasteiger partial charge on any atom is -0.376 e. The Morgan fingerprint density at radius 2 is 2.42 bits per heavy atom. The van der Waals surface area contributed by atoms with Crippen LogP contribution in [0.25, 0.3) is 0 Å². The predicted molar refractivity (Wildman–Crippen MR) is 73.8 cm³/mol. The Kier molecular flexibility index (Phi) is 5.33. The maximum Gasteiger partial charge on any atom is 0.227 e. The Morgan fingerprint density at radius 1 is 1.53 bits per heavy atom. The second-order valence-corrected chi connectivity index (χ2v) is 4.96. The van der Waals surface area contributed by atoms with Crippen LogP contribution in [-0.2, 0) is 16.0 Å². The van der Waals surface area contributed by atoms with E-state index in [4.69, 9.17) is 4.74 Å². The fraction of sp³-hybridized carbons (Fsp3) is 0.600. The normalized spacial score (nSPS) is 19.1. The van der Waals surface area contributed by atoms with Gasteiger partial charge in [-0.2, -0.15) is 0 Å². The summed E-state index contributed by atoms with van der Waals surface area (Å²) in [5.41, 5.74) is 0.968. The van der Waals surface area contributed by atoms with Gasteiger partial charge in [0.2, 0.25) is 5.91 Å². The number of aromatic nitrogens is 1. The zero-order chi connectivity index (χ0) is 13.5. The van der Waals surface area contributed by atoms with Gasteiger partial charge in [0.15, 0.2) is 0 Å². The van der Waals surface area contributed by atoms with E-state index in [1.807, 2.05) is 24.0 Å². The third-order valence-corrected chi connectivity index (χ3v) is 3.51. The van der Waals surface area contributed by atoms with Crippen LogP contribution < -0.4 is 0 Å². The second kappa shape index (κ2) is 7.24. The number of ether oxygens (including phenoxy) is 1. The van der Waals surface area contributed by atoms with Crippen molar-refractivity contribution in [3.05, 3.63) is 30.1 Å². The molecule has 0 saturated carbocycles. The Bertz CT molecular complexity index is 388. The number of likely N-dealkylation sites (N-methyl/N-ethyl adjacent to an activating group) is 1. The highest BCUT2D eigenvalue weighted by Gasteiger charge is 2.20. The standard InChI is InChI=1S/C15H22N2O2/c1-2-17(12-14-7-3-4-9-19-14)15(18)10-13-6-5-8-16-11-13/h5-6,8,11,14H,2-4,7,9-10,12H2,1H3. The molecule has 0 aliphatic carbocycles. The molecule has 1 saturated heterocycles. The van der Waals surface area contributed by atoms with Gasteiger partial charge in [0.1, 0.15) is 0 Å². The number of nitrogens with zero attached hydrogens (tertiary/aromatic N) is 2. The highest BCUT2D eigenvalue weighted by molar-refractivity contribution is 5.78. The van der Waals surface area contributed by atoms with Gasteiger partial charge in [0.25, 0.3) is 0 Å². The van der Waals surface area contributed by atoms with Gasteiger partial charge >= 0.3 is 0 Å². The molecule has 19 heavy (non-hydrogen) atoms. The Labute approximate surface area is 114 Å². The summed E-state index contributed by atoms with van der Waals surface area (Å²) >= 11 is 0. The van der Waals surface area contributed by atoms with E-state index < -0.39 is 0 Å². The molecule has 1 amide bonds. The van der Waals surface area contributed by atoms with Crippen molar-refractivity contribution < 1.29 is 9.53 Å². The average molecular weight is 262 g/mol. The fourth-order valence-electron chi connectivity index (χ4n) is 2.39. The van der Waals surface area contributed by atoms with Crippen molar-refractivity contribution >= 4 is 5.91 Å². The molecule has 1 aromatic rings. The van der Waals surface area contributed by atoms with E-state index >= 15 is 0 Å². The van der Waals surface area contributed by atoms with Crippen molar-refractivity contribution in [2.45, 2.75) is 38.7 Å². The Morgan fingerprint density at radius 3 is 3.05 bits per heavy atom. The molecule has 4 nitrogen and oxygen atoms in total. The lowest BCUT2D eigenvalue weighted by atomic mass is 10.1. The van der Waals surface area contributed by atoms with Crippen LogP contribution in [0.5, 0.6) is 0 Å². The lowest BCUT2D eigenvalue weighted by Gasteiger charge is -2.29.